The molecular formula is C12H16BrNO3. The highest BCUT2D eigenvalue weighted by atomic mass is 79.9. The van der Waals surface area contributed by atoms with Crippen molar-refractivity contribution in [3.05, 3.63) is 34.3 Å². The number of aliphatic hydroxyl groups is 1. The van der Waals surface area contributed by atoms with Crippen LogP contribution in [0.25, 0.3) is 0 Å². The monoisotopic (exact) mass is 301 g/mol. The van der Waals surface area contributed by atoms with Gasteiger partial charge >= 0.3 is 5.97 Å². The van der Waals surface area contributed by atoms with Crippen LogP contribution in [0.2, 0.25) is 0 Å². The maximum absolute atomic E-state index is 10.4. The number of nitrogens with one attached hydrogen (secondary N) is 1. The van der Waals surface area contributed by atoms with Crippen molar-refractivity contribution in [1.29, 1.82) is 0 Å². The summed E-state index contributed by atoms with van der Waals surface area (Å²) in [5.41, 5.74) is 1.08. The van der Waals surface area contributed by atoms with Gasteiger partial charge in [-0.15, -0.1) is 0 Å². The number of carboxylic acid groups (broad SMARTS) is 1. The first-order valence-corrected chi connectivity index (χ1v) is 6.17. The van der Waals surface area contributed by atoms with E-state index in [4.69, 9.17) is 5.11 Å². The summed E-state index contributed by atoms with van der Waals surface area (Å²) >= 11 is 3.45. The normalized spacial score (nSPS) is 14.3. The van der Waals surface area contributed by atoms with Crippen LogP contribution in [-0.2, 0) is 4.79 Å². The number of carbonyl (C=O) groups is 1. The van der Waals surface area contributed by atoms with Crippen LogP contribution < -0.4 is 5.32 Å². The number of carboxylic acids is 1. The zero-order chi connectivity index (χ0) is 12.8. The molecular weight excluding hydrogens is 286 g/mol. The number of aliphatic hydroxyl groups excluding tert-OH is 1. The van der Waals surface area contributed by atoms with E-state index in [1.165, 1.54) is 0 Å². The quantitative estimate of drug-likeness (QED) is 0.751. The van der Waals surface area contributed by atoms with Gasteiger partial charge in [-0.2, -0.15) is 0 Å². The van der Waals surface area contributed by atoms with E-state index in [2.05, 4.69) is 21.2 Å². The van der Waals surface area contributed by atoms with E-state index < -0.39 is 12.1 Å². The molecule has 4 nitrogen and oxygen atoms in total. The molecule has 0 saturated carbocycles. The molecule has 0 aliphatic heterocycles. The molecule has 1 aromatic rings. The Labute approximate surface area is 109 Å². The number of benzene rings is 1. The minimum atomic E-state index is -0.993. The van der Waals surface area contributed by atoms with Crippen molar-refractivity contribution in [2.45, 2.75) is 25.5 Å². The highest BCUT2D eigenvalue weighted by molar-refractivity contribution is 9.10. The van der Waals surface area contributed by atoms with Crippen molar-refractivity contribution < 1.29 is 15.0 Å². The van der Waals surface area contributed by atoms with Crippen LogP contribution in [0.4, 0.5) is 0 Å². The summed E-state index contributed by atoms with van der Waals surface area (Å²) in [6.45, 7) is 2.22. The maximum Gasteiger partial charge on any atom is 0.306 e. The third-order valence-electron chi connectivity index (χ3n) is 2.44. The number of rotatable bonds is 6. The Morgan fingerprint density at radius 3 is 2.71 bits per heavy atom. The maximum atomic E-state index is 10.4. The molecule has 0 bridgehead atoms. The fourth-order valence-corrected chi connectivity index (χ4v) is 2.15. The summed E-state index contributed by atoms with van der Waals surface area (Å²) < 4.78 is 0.993. The van der Waals surface area contributed by atoms with Crippen LogP contribution in [-0.4, -0.2) is 28.8 Å². The Bertz CT molecular complexity index is 384. The highest BCUT2D eigenvalue weighted by Crippen LogP contribution is 2.22. The highest BCUT2D eigenvalue weighted by Gasteiger charge is 2.12. The second-order valence-electron chi connectivity index (χ2n) is 3.90. The molecule has 0 heterocycles. The van der Waals surface area contributed by atoms with Gasteiger partial charge in [-0.25, -0.2) is 0 Å². The Hall–Kier alpha value is -0.910. The van der Waals surface area contributed by atoms with Gasteiger partial charge < -0.3 is 15.5 Å². The van der Waals surface area contributed by atoms with E-state index >= 15 is 0 Å². The Balaban J connectivity index is 2.47. The lowest BCUT2D eigenvalue weighted by molar-refractivity contribution is -0.139. The molecule has 0 fully saturated rings. The molecule has 5 heteroatoms. The molecule has 0 saturated heterocycles. The molecule has 0 amide bonds. The smallest absolute Gasteiger partial charge is 0.306 e. The predicted octanol–water partition coefficient (Wildman–Crippen LogP) is 1.94. The largest absolute Gasteiger partial charge is 0.481 e. The fraction of sp³-hybridized carbons (Fsp3) is 0.417. The Morgan fingerprint density at radius 2 is 2.12 bits per heavy atom. The van der Waals surface area contributed by atoms with Crippen LogP contribution >= 0.6 is 15.9 Å². The summed E-state index contributed by atoms with van der Waals surface area (Å²) in [4.78, 5) is 10.4. The fourth-order valence-electron chi connectivity index (χ4n) is 1.52. The minimum Gasteiger partial charge on any atom is -0.481 e. The first-order valence-electron chi connectivity index (χ1n) is 5.38. The zero-order valence-corrected chi connectivity index (χ0v) is 11.1. The molecule has 0 spiro atoms. The number of hydrogen-bond donors (Lipinski definition) is 3. The van der Waals surface area contributed by atoms with Crippen LogP contribution in [0.1, 0.15) is 24.9 Å². The molecule has 0 aromatic heterocycles. The van der Waals surface area contributed by atoms with Gasteiger partial charge in [0.15, 0.2) is 0 Å². The zero-order valence-electron chi connectivity index (χ0n) is 9.56. The van der Waals surface area contributed by atoms with Crippen molar-refractivity contribution in [2.24, 2.45) is 0 Å². The Kier molecular flexibility index (Phi) is 5.61. The summed E-state index contributed by atoms with van der Waals surface area (Å²) in [5, 5.41) is 21.0. The molecule has 1 rings (SSSR count). The minimum absolute atomic E-state index is 0.0500. The lowest BCUT2D eigenvalue weighted by atomic mass is 10.1. The first kappa shape index (κ1) is 14.2. The van der Waals surface area contributed by atoms with Gasteiger partial charge in [-0.05, 0) is 18.6 Å². The lowest BCUT2D eigenvalue weighted by Crippen LogP contribution is -2.30. The SMILES string of the molecule is C[C@@H](NCC(O)CC(=O)O)c1ccccc1Br. The van der Waals surface area contributed by atoms with Gasteiger partial charge in [0.2, 0.25) is 0 Å². The van der Waals surface area contributed by atoms with E-state index in [0.29, 0.717) is 0 Å². The summed E-state index contributed by atoms with van der Waals surface area (Å²) in [7, 11) is 0. The third kappa shape index (κ3) is 4.85. The van der Waals surface area contributed by atoms with Gasteiger partial charge in [-0.3, -0.25) is 4.79 Å². The van der Waals surface area contributed by atoms with Crippen LogP contribution in [0.3, 0.4) is 0 Å². The summed E-state index contributed by atoms with van der Waals surface area (Å²) in [5.74, 6) is -0.993. The molecule has 3 N–H and O–H groups in total. The molecule has 94 valence electrons. The van der Waals surface area contributed by atoms with Crippen LogP contribution in [0, 0.1) is 0 Å². The van der Waals surface area contributed by atoms with Crippen LogP contribution in [0.15, 0.2) is 28.7 Å². The van der Waals surface area contributed by atoms with Gasteiger partial charge in [0.25, 0.3) is 0 Å². The molecule has 0 aliphatic rings. The number of aliphatic carboxylic acids is 1. The molecule has 0 radical (unpaired) electrons. The van der Waals surface area contributed by atoms with Crippen molar-refractivity contribution in [3.63, 3.8) is 0 Å². The number of halogens is 1. The molecule has 0 aliphatic carbocycles. The van der Waals surface area contributed by atoms with E-state index in [0.717, 1.165) is 10.0 Å². The topological polar surface area (TPSA) is 69.6 Å². The van der Waals surface area contributed by atoms with Crippen molar-refractivity contribution in [2.75, 3.05) is 6.54 Å². The summed E-state index contributed by atoms with van der Waals surface area (Å²) in [6, 6.07) is 7.84. The van der Waals surface area contributed by atoms with E-state index in [1.54, 1.807) is 0 Å². The molecule has 2 atom stereocenters. The lowest BCUT2D eigenvalue weighted by Gasteiger charge is -2.17. The average Bonchev–Trinajstić information content (AvgIpc) is 2.25. The van der Waals surface area contributed by atoms with Crippen molar-refractivity contribution in [3.8, 4) is 0 Å². The molecule has 1 unspecified atom stereocenters. The summed E-state index contributed by atoms with van der Waals surface area (Å²) in [6.07, 6.45) is -1.10. The van der Waals surface area contributed by atoms with Gasteiger partial charge in [0.05, 0.1) is 12.5 Å². The number of hydrogen-bond acceptors (Lipinski definition) is 3. The second-order valence-corrected chi connectivity index (χ2v) is 4.76. The van der Waals surface area contributed by atoms with Crippen molar-refractivity contribution in [1.82, 2.24) is 5.32 Å². The van der Waals surface area contributed by atoms with E-state index in [1.807, 2.05) is 31.2 Å². The molecule has 1 aromatic carbocycles. The molecule has 17 heavy (non-hydrogen) atoms. The Morgan fingerprint density at radius 1 is 1.47 bits per heavy atom. The van der Waals surface area contributed by atoms with Gasteiger partial charge in [-0.1, -0.05) is 34.1 Å². The van der Waals surface area contributed by atoms with Crippen LogP contribution in [0.5, 0.6) is 0 Å². The van der Waals surface area contributed by atoms with Crippen molar-refractivity contribution >= 4 is 21.9 Å². The third-order valence-corrected chi connectivity index (χ3v) is 3.16. The average molecular weight is 302 g/mol. The second kappa shape index (κ2) is 6.74. The standard InChI is InChI=1S/C12H16BrNO3/c1-8(10-4-2-3-5-11(10)13)14-7-9(15)6-12(16)17/h2-5,8-9,14-15H,6-7H2,1H3,(H,16,17)/t8-,9?/m1/s1. The van der Waals surface area contributed by atoms with E-state index in [-0.39, 0.29) is 19.0 Å². The predicted molar refractivity (Wildman–Crippen MR) is 68.8 cm³/mol. The first-order chi connectivity index (χ1) is 8.00. The van der Waals surface area contributed by atoms with Gasteiger partial charge in [0, 0.05) is 17.1 Å². The van der Waals surface area contributed by atoms with Gasteiger partial charge in [0.1, 0.15) is 0 Å². The van der Waals surface area contributed by atoms with E-state index in [9.17, 15) is 9.90 Å².